The first kappa shape index (κ1) is 14.4. The van der Waals surface area contributed by atoms with Crippen LogP contribution in [0.2, 0.25) is 0 Å². The number of halogens is 4. The van der Waals surface area contributed by atoms with Crippen LogP contribution in [0.4, 0.5) is 17.6 Å². The molecular weight excluding hydrogens is 290 g/mol. The lowest BCUT2D eigenvalue weighted by Crippen LogP contribution is -2.05. The molecule has 0 N–H and O–H groups in total. The van der Waals surface area contributed by atoms with Gasteiger partial charge in [0.1, 0.15) is 11.9 Å². The highest BCUT2D eigenvalue weighted by Gasteiger charge is 2.31. The number of hydrogen-bond acceptors (Lipinski definition) is 2. The molecule has 6 heteroatoms. The fourth-order valence-electron chi connectivity index (χ4n) is 1.51. The molecule has 1 nitrogen and oxygen atoms in total. The maximum Gasteiger partial charge on any atom is 0.416 e. The van der Waals surface area contributed by atoms with Gasteiger partial charge in [-0.1, -0.05) is 11.8 Å². The summed E-state index contributed by atoms with van der Waals surface area (Å²) < 4.78 is 50.4. The number of nitrogens with zero attached hydrogens (tertiary/aromatic N) is 1. The predicted octanol–water partition coefficient (Wildman–Crippen LogP) is 4.87. The van der Waals surface area contributed by atoms with Gasteiger partial charge in [0.25, 0.3) is 0 Å². The van der Waals surface area contributed by atoms with Crippen LogP contribution in [0.3, 0.4) is 0 Å². The first-order valence-electron chi connectivity index (χ1n) is 5.45. The minimum absolute atomic E-state index is 0.0610. The zero-order chi connectivity index (χ0) is 14.8. The monoisotopic (exact) mass is 297 g/mol. The second-order valence-corrected chi connectivity index (χ2v) is 4.99. The van der Waals surface area contributed by atoms with Crippen LogP contribution in [0.15, 0.2) is 52.3 Å². The molecule has 0 fully saturated rings. The van der Waals surface area contributed by atoms with E-state index in [4.69, 9.17) is 5.26 Å². The number of alkyl halides is 3. The van der Waals surface area contributed by atoms with Crippen molar-refractivity contribution in [2.24, 2.45) is 0 Å². The van der Waals surface area contributed by atoms with Crippen molar-refractivity contribution in [1.82, 2.24) is 0 Å². The molecule has 2 rings (SSSR count). The van der Waals surface area contributed by atoms with Gasteiger partial charge in [0, 0.05) is 9.79 Å². The lowest BCUT2D eigenvalue weighted by molar-refractivity contribution is -0.137. The van der Waals surface area contributed by atoms with Crippen molar-refractivity contribution < 1.29 is 17.6 Å². The van der Waals surface area contributed by atoms with Crippen LogP contribution < -0.4 is 0 Å². The van der Waals surface area contributed by atoms with Crippen molar-refractivity contribution in [3.8, 4) is 6.07 Å². The lowest BCUT2D eigenvalue weighted by atomic mass is 10.1. The smallest absolute Gasteiger partial charge is 0.207 e. The molecule has 0 radical (unpaired) electrons. The molecule has 2 aromatic carbocycles. The Morgan fingerprint density at radius 2 is 1.65 bits per heavy atom. The van der Waals surface area contributed by atoms with Crippen molar-refractivity contribution in [2.75, 3.05) is 0 Å². The summed E-state index contributed by atoms with van der Waals surface area (Å²) >= 11 is 1.11. The molecule has 0 spiro atoms. The van der Waals surface area contributed by atoms with E-state index in [0.29, 0.717) is 9.79 Å². The van der Waals surface area contributed by atoms with Crippen molar-refractivity contribution >= 4 is 11.8 Å². The molecule has 0 atom stereocenters. The highest BCUT2D eigenvalue weighted by molar-refractivity contribution is 7.99. The minimum Gasteiger partial charge on any atom is -0.207 e. The molecule has 0 aromatic heterocycles. The summed E-state index contributed by atoms with van der Waals surface area (Å²) in [6, 6.07) is 10.2. The van der Waals surface area contributed by atoms with E-state index in [1.165, 1.54) is 30.3 Å². The van der Waals surface area contributed by atoms with Crippen molar-refractivity contribution in [2.45, 2.75) is 16.0 Å². The van der Waals surface area contributed by atoms with Crippen LogP contribution in [-0.2, 0) is 6.18 Å². The SMILES string of the molecule is N#Cc1cc(C(F)(F)F)ccc1Sc1ccc(F)cc1. The standard InChI is InChI=1S/C14H7F4NS/c15-11-2-4-12(5-3-11)20-13-6-1-10(14(16,17)18)7-9(13)8-19/h1-7H. The molecule has 0 saturated carbocycles. The Morgan fingerprint density at radius 3 is 2.20 bits per heavy atom. The molecule has 0 aliphatic carbocycles. The quantitative estimate of drug-likeness (QED) is 0.739. The maximum atomic E-state index is 12.8. The Bertz CT molecular complexity index is 656. The van der Waals surface area contributed by atoms with Crippen molar-refractivity contribution in [3.05, 3.63) is 59.4 Å². The topological polar surface area (TPSA) is 23.8 Å². The molecule has 0 bridgehead atoms. The van der Waals surface area contributed by atoms with Gasteiger partial charge in [0.15, 0.2) is 0 Å². The first-order chi connectivity index (χ1) is 9.40. The minimum atomic E-state index is -4.48. The fourth-order valence-corrected chi connectivity index (χ4v) is 2.39. The highest BCUT2D eigenvalue weighted by Crippen LogP contribution is 2.35. The van der Waals surface area contributed by atoms with E-state index in [1.807, 2.05) is 0 Å². The van der Waals surface area contributed by atoms with Gasteiger partial charge in [-0.2, -0.15) is 18.4 Å². The number of benzene rings is 2. The number of hydrogen-bond donors (Lipinski definition) is 0. The third kappa shape index (κ3) is 3.31. The van der Waals surface area contributed by atoms with E-state index in [9.17, 15) is 17.6 Å². The summed E-state index contributed by atoms with van der Waals surface area (Å²) in [4.78, 5) is 1.04. The Hall–Kier alpha value is -2.00. The molecule has 0 aliphatic heterocycles. The molecular formula is C14H7F4NS. The third-order valence-corrected chi connectivity index (χ3v) is 3.55. The fraction of sp³-hybridized carbons (Fsp3) is 0.0714. The Labute approximate surface area is 116 Å². The highest BCUT2D eigenvalue weighted by atomic mass is 32.2. The Kier molecular flexibility index (Phi) is 4.00. The third-order valence-electron chi connectivity index (χ3n) is 2.47. The van der Waals surface area contributed by atoms with E-state index < -0.39 is 17.6 Å². The van der Waals surface area contributed by atoms with Gasteiger partial charge in [-0.15, -0.1) is 0 Å². The summed E-state index contributed by atoms with van der Waals surface area (Å²) in [5, 5.41) is 8.94. The molecule has 2 aromatic rings. The largest absolute Gasteiger partial charge is 0.416 e. The normalized spacial score (nSPS) is 11.2. The molecule has 0 aliphatic rings. The van der Waals surface area contributed by atoms with Crippen LogP contribution in [0, 0.1) is 17.1 Å². The Morgan fingerprint density at radius 1 is 1.00 bits per heavy atom. The van der Waals surface area contributed by atoms with E-state index in [2.05, 4.69) is 0 Å². The molecule has 102 valence electrons. The first-order valence-corrected chi connectivity index (χ1v) is 6.26. The van der Waals surface area contributed by atoms with Crippen molar-refractivity contribution in [3.63, 3.8) is 0 Å². The summed E-state index contributed by atoms with van der Waals surface area (Å²) in [7, 11) is 0. The molecule has 0 saturated heterocycles. The summed E-state index contributed by atoms with van der Waals surface area (Å²) in [5.74, 6) is -0.401. The molecule has 20 heavy (non-hydrogen) atoms. The van der Waals surface area contributed by atoms with Crippen molar-refractivity contribution in [1.29, 1.82) is 5.26 Å². The van der Waals surface area contributed by atoms with Gasteiger partial charge >= 0.3 is 6.18 Å². The molecule has 0 amide bonds. The van der Waals surface area contributed by atoms with Gasteiger partial charge < -0.3 is 0 Å². The summed E-state index contributed by atoms with van der Waals surface area (Å²) in [6.45, 7) is 0. The van der Waals surface area contributed by atoms with Crippen LogP contribution in [-0.4, -0.2) is 0 Å². The van der Waals surface area contributed by atoms with Gasteiger partial charge in [0.2, 0.25) is 0 Å². The van der Waals surface area contributed by atoms with Gasteiger partial charge in [-0.05, 0) is 42.5 Å². The second kappa shape index (κ2) is 5.55. The van der Waals surface area contributed by atoms with Crippen LogP contribution in [0.1, 0.15) is 11.1 Å². The van der Waals surface area contributed by atoms with E-state index >= 15 is 0 Å². The average molecular weight is 297 g/mol. The van der Waals surface area contributed by atoms with Gasteiger partial charge in [0.05, 0.1) is 11.1 Å². The summed E-state index contributed by atoms with van der Waals surface area (Å²) in [5.41, 5.74) is -0.924. The molecule has 0 unspecified atom stereocenters. The van der Waals surface area contributed by atoms with Crippen LogP contribution in [0.5, 0.6) is 0 Å². The number of nitriles is 1. The van der Waals surface area contributed by atoms with Gasteiger partial charge in [-0.3, -0.25) is 0 Å². The zero-order valence-corrected chi connectivity index (χ0v) is 10.7. The maximum absolute atomic E-state index is 12.8. The van der Waals surface area contributed by atoms with Gasteiger partial charge in [-0.25, -0.2) is 4.39 Å². The second-order valence-electron chi connectivity index (χ2n) is 3.88. The predicted molar refractivity (Wildman–Crippen MR) is 66.7 cm³/mol. The zero-order valence-electron chi connectivity index (χ0n) is 9.91. The average Bonchev–Trinajstić information content (AvgIpc) is 2.40. The Balaban J connectivity index is 2.33. The van der Waals surface area contributed by atoms with Crippen LogP contribution in [0.25, 0.3) is 0 Å². The summed E-state index contributed by atoms with van der Waals surface area (Å²) in [6.07, 6.45) is -4.48. The lowest BCUT2D eigenvalue weighted by Gasteiger charge is -2.09. The van der Waals surface area contributed by atoms with E-state index in [0.717, 1.165) is 23.9 Å². The number of rotatable bonds is 2. The van der Waals surface area contributed by atoms with E-state index in [1.54, 1.807) is 6.07 Å². The van der Waals surface area contributed by atoms with E-state index in [-0.39, 0.29) is 5.56 Å². The van der Waals surface area contributed by atoms with Crippen LogP contribution >= 0.6 is 11.8 Å². The molecule has 0 heterocycles.